The molecule has 4 nitrogen and oxygen atoms in total. The molecule has 1 heterocycles. The van der Waals surface area contributed by atoms with Gasteiger partial charge in [0, 0.05) is 12.0 Å². The van der Waals surface area contributed by atoms with Crippen molar-refractivity contribution in [3.8, 4) is 17.2 Å². The van der Waals surface area contributed by atoms with Gasteiger partial charge in [-0.3, -0.25) is 0 Å². The summed E-state index contributed by atoms with van der Waals surface area (Å²) in [5.41, 5.74) is 0.709. The van der Waals surface area contributed by atoms with Crippen LogP contribution < -0.4 is 0 Å². The summed E-state index contributed by atoms with van der Waals surface area (Å²) in [5.74, 6) is 1.77. The Labute approximate surface area is 111 Å². The van der Waals surface area contributed by atoms with Crippen molar-refractivity contribution in [1.29, 1.82) is 0 Å². The fourth-order valence-corrected chi connectivity index (χ4v) is 1.71. The second-order valence-corrected chi connectivity index (χ2v) is 5.02. The molecule has 2 rings (SSSR count). The van der Waals surface area contributed by atoms with Gasteiger partial charge in [0.25, 0.3) is 5.89 Å². The Morgan fingerprint density at radius 3 is 2.83 bits per heavy atom. The quantitative estimate of drug-likeness (QED) is 0.917. The predicted molar refractivity (Wildman–Crippen MR) is 69.6 cm³/mol. The largest absolute Gasteiger partial charge is 0.506 e. The molecule has 0 aliphatic heterocycles. The fraction of sp³-hybridized carbons (Fsp3) is 0.385. The van der Waals surface area contributed by atoms with Gasteiger partial charge in [0.2, 0.25) is 0 Å². The highest BCUT2D eigenvalue weighted by molar-refractivity contribution is 6.32. The van der Waals surface area contributed by atoms with E-state index in [0.29, 0.717) is 23.2 Å². The van der Waals surface area contributed by atoms with Crippen LogP contribution in [0.25, 0.3) is 11.5 Å². The molecule has 0 aliphatic rings. The van der Waals surface area contributed by atoms with Crippen LogP contribution in [-0.4, -0.2) is 15.2 Å². The van der Waals surface area contributed by atoms with Crippen LogP contribution in [0.3, 0.4) is 0 Å². The summed E-state index contributed by atoms with van der Waals surface area (Å²) < 4.78 is 5.18. The maximum atomic E-state index is 9.34. The van der Waals surface area contributed by atoms with Crippen molar-refractivity contribution in [3.05, 3.63) is 29.0 Å². The molecule has 0 fully saturated rings. The molecular formula is C13H15ClN2O2. The summed E-state index contributed by atoms with van der Waals surface area (Å²) in [4.78, 5) is 4.31. The summed E-state index contributed by atoms with van der Waals surface area (Å²) in [6.07, 6.45) is 1.82. The van der Waals surface area contributed by atoms with Crippen molar-refractivity contribution < 1.29 is 9.63 Å². The normalized spacial score (nSPS) is 11.1. The fourth-order valence-electron chi connectivity index (χ4n) is 1.53. The molecular weight excluding hydrogens is 252 g/mol. The van der Waals surface area contributed by atoms with Gasteiger partial charge in [-0.25, -0.2) is 0 Å². The Balaban J connectivity index is 2.16. The van der Waals surface area contributed by atoms with Gasteiger partial charge in [0.15, 0.2) is 5.82 Å². The molecule has 96 valence electrons. The van der Waals surface area contributed by atoms with Crippen molar-refractivity contribution in [3.63, 3.8) is 0 Å². The van der Waals surface area contributed by atoms with Crippen molar-refractivity contribution in [1.82, 2.24) is 10.1 Å². The first kappa shape index (κ1) is 12.9. The molecule has 0 saturated carbocycles. The van der Waals surface area contributed by atoms with Gasteiger partial charge in [0.05, 0.1) is 5.02 Å². The van der Waals surface area contributed by atoms with Gasteiger partial charge < -0.3 is 9.63 Å². The zero-order chi connectivity index (χ0) is 13.1. The highest BCUT2D eigenvalue weighted by atomic mass is 35.5. The van der Waals surface area contributed by atoms with Gasteiger partial charge in [-0.1, -0.05) is 30.6 Å². The van der Waals surface area contributed by atoms with Crippen molar-refractivity contribution in [2.75, 3.05) is 0 Å². The lowest BCUT2D eigenvalue weighted by Crippen LogP contribution is -1.93. The molecule has 1 N–H and O–H groups in total. The minimum Gasteiger partial charge on any atom is -0.506 e. The Kier molecular flexibility index (Phi) is 3.87. The predicted octanol–water partition coefficient (Wildman–Crippen LogP) is 3.68. The number of aryl methyl sites for hydroxylation is 1. The van der Waals surface area contributed by atoms with E-state index in [1.54, 1.807) is 12.1 Å². The Morgan fingerprint density at radius 1 is 1.39 bits per heavy atom. The number of rotatable bonds is 4. The smallest absolute Gasteiger partial charge is 0.257 e. The van der Waals surface area contributed by atoms with Gasteiger partial charge in [-0.15, -0.1) is 0 Å². The second kappa shape index (κ2) is 5.40. The van der Waals surface area contributed by atoms with Crippen LogP contribution in [0.15, 0.2) is 22.7 Å². The summed E-state index contributed by atoms with van der Waals surface area (Å²) in [6.45, 7) is 4.31. The van der Waals surface area contributed by atoms with E-state index in [1.165, 1.54) is 6.07 Å². The van der Waals surface area contributed by atoms with Gasteiger partial charge >= 0.3 is 0 Å². The maximum absolute atomic E-state index is 9.34. The second-order valence-electron chi connectivity index (χ2n) is 4.61. The summed E-state index contributed by atoms with van der Waals surface area (Å²) in [5, 5.41) is 13.5. The molecule has 0 atom stereocenters. The van der Waals surface area contributed by atoms with E-state index in [2.05, 4.69) is 24.0 Å². The van der Waals surface area contributed by atoms with E-state index in [-0.39, 0.29) is 10.8 Å². The third kappa shape index (κ3) is 3.01. The SMILES string of the molecule is CC(C)CCc1noc(-c2ccc(O)c(Cl)c2)n1. The standard InChI is InChI=1S/C13H15ClN2O2/c1-8(2)3-6-12-15-13(18-16-12)9-4-5-11(17)10(14)7-9/h4-5,7-8,17H,3,6H2,1-2H3. The zero-order valence-electron chi connectivity index (χ0n) is 10.4. The van der Waals surface area contributed by atoms with E-state index < -0.39 is 0 Å². The Morgan fingerprint density at radius 2 is 2.17 bits per heavy atom. The molecule has 0 radical (unpaired) electrons. The number of phenols is 1. The maximum Gasteiger partial charge on any atom is 0.257 e. The van der Waals surface area contributed by atoms with Crippen LogP contribution >= 0.6 is 11.6 Å². The number of phenolic OH excluding ortho intramolecular Hbond substituents is 1. The average Bonchev–Trinajstić information content (AvgIpc) is 2.79. The van der Waals surface area contributed by atoms with Crippen molar-refractivity contribution in [2.24, 2.45) is 5.92 Å². The topological polar surface area (TPSA) is 59.2 Å². The monoisotopic (exact) mass is 266 g/mol. The molecule has 0 bridgehead atoms. The molecule has 5 heteroatoms. The first-order valence-corrected chi connectivity index (χ1v) is 6.25. The number of aromatic hydroxyl groups is 1. The lowest BCUT2D eigenvalue weighted by molar-refractivity contribution is 0.419. The molecule has 18 heavy (non-hydrogen) atoms. The minimum atomic E-state index is 0.0416. The Bertz CT molecular complexity index is 538. The third-order valence-corrected chi connectivity index (χ3v) is 2.91. The molecule has 0 unspecified atom stereocenters. The van der Waals surface area contributed by atoms with E-state index in [9.17, 15) is 5.11 Å². The lowest BCUT2D eigenvalue weighted by Gasteiger charge is -1.99. The van der Waals surface area contributed by atoms with Crippen LogP contribution in [0.1, 0.15) is 26.1 Å². The van der Waals surface area contributed by atoms with E-state index in [1.807, 2.05) is 0 Å². The number of nitrogens with zero attached hydrogens (tertiary/aromatic N) is 2. The van der Waals surface area contributed by atoms with Crippen LogP contribution in [-0.2, 0) is 6.42 Å². The summed E-state index contributed by atoms with van der Waals surface area (Å²) in [7, 11) is 0. The van der Waals surface area contributed by atoms with Crippen LogP contribution in [0.5, 0.6) is 5.75 Å². The third-order valence-electron chi connectivity index (χ3n) is 2.61. The van der Waals surface area contributed by atoms with E-state index >= 15 is 0 Å². The first-order chi connectivity index (χ1) is 8.56. The Hall–Kier alpha value is -1.55. The number of halogens is 1. The van der Waals surface area contributed by atoms with Crippen molar-refractivity contribution in [2.45, 2.75) is 26.7 Å². The van der Waals surface area contributed by atoms with Crippen LogP contribution in [0.2, 0.25) is 5.02 Å². The molecule has 0 aliphatic carbocycles. The minimum absolute atomic E-state index is 0.0416. The molecule has 2 aromatic rings. The molecule has 0 spiro atoms. The molecule has 0 amide bonds. The highest BCUT2D eigenvalue weighted by Crippen LogP contribution is 2.28. The van der Waals surface area contributed by atoms with Crippen molar-refractivity contribution >= 4 is 11.6 Å². The molecule has 0 saturated heterocycles. The summed E-state index contributed by atoms with van der Waals surface area (Å²) >= 11 is 5.83. The average molecular weight is 267 g/mol. The highest BCUT2D eigenvalue weighted by Gasteiger charge is 2.10. The number of hydrogen-bond acceptors (Lipinski definition) is 4. The van der Waals surface area contributed by atoms with Gasteiger partial charge in [0.1, 0.15) is 5.75 Å². The van der Waals surface area contributed by atoms with Crippen LogP contribution in [0.4, 0.5) is 0 Å². The van der Waals surface area contributed by atoms with Gasteiger partial charge in [-0.05, 0) is 30.5 Å². The summed E-state index contributed by atoms with van der Waals surface area (Å²) in [6, 6.07) is 4.81. The number of benzene rings is 1. The van der Waals surface area contributed by atoms with E-state index in [0.717, 1.165) is 12.8 Å². The first-order valence-electron chi connectivity index (χ1n) is 5.87. The number of hydrogen-bond donors (Lipinski definition) is 1. The lowest BCUT2D eigenvalue weighted by atomic mass is 10.1. The molecule has 1 aromatic carbocycles. The van der Waals surface area contributed by atoms with Crippen LogP contribution in [0, 0.1) is 5.92 Å². The number of aromatic nitrogens is 2. The molecule has 1 aromatic heterocycles. The van der Waals surface area contributed by atoms with Gasteiger partial charge in [-0.2, -0.15) is 4.98 Å². The van der Waals surface area contributed by atoms with E-state index in [4.69, 9.17) is 16.1 Å². The zero-order valence-corrected chi connectivity index (χ0v) is 11.1.